The second-order valence-electron chi connectivity index (χ2n) is 2.90. The summed E-state index contributed by atoms with van der Waals surface area (Å²) in [6, 6.07) is 0. The van der Waals surface area contributed by atoms with Crippen molar-refractivity contribution in [2.24, 2.45) is 5.92 Å². The van der Waals surface area contributed by atoms with E-state index in [1.54, 1.807) is 0 Å². The maximum atomic E-state index is 6.11. The van der Waals surface area contributed by atoms with Crippen LogP contribution in [0.3, 0.4) is 0 Å². The fourth-order valence-corrected chi connectivity index (χ4v) is 2.07. The van der Waals surface area contributed by atoms with Crippen LogP contribution in [0.5, 0.6) is 0 Å². The molecule has 8 heavy (non-hydrogen) atoms. The summed E-state index contributed by atoms with van der Waals surface area (Å²) in [5.41, 5.74) is 0. The average molecular weight is 129 g/mol. The molecule has 0 heterocycles. The van der Waals surface area contributed by atoms with Crippen molar-refractivity contribution >= 4 is 11.6 Å². The molecule has 2 unspecified atom stereocenters. The average Bonchev–Trinajstić information content (AvgIpc) is 2.21. The smallest absolute Gasteiger partial charge is 0.0631 e. The minimum absolute atomic E-state index is 0.102. The molecule has 0 aromatic rings. The molecular weight excluding hydrogens is 120 g/mol. The van der Waals surface area contributed by atoms with Gasteiger partial charge >= 0.3 is 0 Å². The van der Waals surface area contributed by atoms with Crippen LogP contribution in [-0.2, 0) is 0 Å². The first kappa shape index (κ1) is 4.87. The van der Waals surface area contributed by atoms with Crippen LogP contribution in [0.1, 0.15) is 19.3 Å². The highest BCUT2D eigenvalue weighted by Crippen LogP contribution is 2.46. The molecule has 1 heteroatoms. The summed E-state index contributed by atoms with van der Waals surface area (Å²) in [4.78, 5) is 0.102. The molecule has 0 amide bonds. The maximum absolute atomic E-state index is 6.11. The molecule has 1 saturated carbocycles. The van der Waals surface area contributed by atoms with E-state index in [0.29, 0.717) is 0 Å². The fourth-order valence-electron chi connectivity index (χ4n) is 1.69. The van der Waals surface area contributed by atoms with Gasteiger partial charge in [0, 0.05) is 0 Å². The lowest BCUT2D eigenvalue weighted by Crippen LogP contribution is -2.08. The van der Waals surface area contributed by atoms with Crippen LogP contribution >= 0.6 is 11.6 Å². The van der Waals surface area contributed by atoms with E-state index in [1.165, 1.54) is 19.3 Å². The number of hydrogen-bond acceptors (Lipinski definition) is 0. The van der Waals surface area contributed by atoms with Crippen molar-refractivity contribution in [1.82, 2.24) is 0 Å². The first-order valence-corrected chi connectivity index (χ1v) is 3.55. The van der Waals surface area contributed by atoms with Gasteiger partial charge in [0.2, 0.25) is 0 Å². The van der Waals surface area contributed by atoms with E-state index in [-0.39, 0.29) is 4.87 Å². The van der Waals surface area contributed by atoms with Gasteiger partial charge in [-0.2, -0.15) is 0 Å². The summed E-state index contributed by atoms with van der Waals surface area (Å²) in [7, 11) is 0. The Morgan fingerprint density at radius 3 is 2.62 bits per heavy atom. The second kappa shape index (κ2) is 1.30. The minimum Gasteiger partial charge on any atom is -0.115 e. The summed E-state index contributed by atoms with van der Waals surface area (Å²) in [6.07, 6.45) is 8.16. The van der Waals surface area contributed by atoms with Crippen LogP contribution in [0.25, 0.3) is 0 Å². The lowest BCUT2D eigenvalue weighted by atomic mass is 10.1. The van der Waals surface area contributed by atoms with Gasteiger partial charge in [-0.25, -0.2) is 0 Å². The number of hydrogen-bond donors (Lipinski definition) is 0. The van der Waals surface area contributed by atoms with Gasteiger partial charge in [0.15, 0.2) is 0 Å². The molecule has 0 saturated heterocycles. The highest BCUT2D eigenvalue weighted by atomic mass is 35.5. The monoisotopic (exact) mass is 128 g/mol. The molecule has 1 fully saturated rings. The first-order chi connectivity index (χ1) is 3.79. The topological polar surface area (TPSA) is 0 Å². The van der Waals surface area contributed by atoms with Crippen molar-refractivity contribution in [3.8, 4) is 0 Å². The SMILES string of the molecule is ClC12C=CC(CC1)C2. The van der Waals surface area contributed by atoms with Crippen LogP contribution in [0.4, 0.5) is 0 Å². The fraction of sp³-hybridized carbons (Fsp3) is 0.714. The predicted molar refractivity (Wildman–Crippen MR) is 35.1 cm³/mol. The zero-order valence-electron chi connectivity index (χ0n) is 4.73. The van der Waals surface area contributed by atoms with Crippen LogP contribution < -0.4 is 0 Å². The van der Waals surface area contributed by atoms with E-state index >= 15 is 0 Å². The molecule has 44 valence electrons. The Kier molecular flexibility index (Phi) is 0.790. The molecule has 0 spiro atoms. The summed E-state index contributed by atoms with van der Waals surface area (Å²) in [5.74, 6) is 0.826. The van der Waals surface area contributed by atoms with Gasteiger partial charge in [0.05, 0.1) is 4.87 Å². The zero-order chi connectivity index (χ0) is 5.61. The van der Waals surface area contributed by atoms with Crippen molar-refractivity contribution in [2.45, 2.75) is 24.1 Å². The van der Waals surface area contributed by atoms with Crippen molar-refractivity contribution in [2.75, 3.05) is 0 Å². The zero-order valence-corrected chi connectivity index (χ0v) is 5.49. The van der Waals surface area contributed by atoms with Crippen LogP contribution in [0, 0.1) is 5.92 Å². The Labute approximate surface area is 54.5 Å². The molecule has 0 nitrogen and oxygen atoms in total. The Bertz CT molecular complexity index is 139. The normalized spacial score (nSPS) is 50.9. The largest absolute Gasteiger partial charge is 0.115 e. The quantitative estimate of drug-likeness (QED) is 0.347. The summed E-state index contributed by atoms with van der Waals surface area (Å²) >= 11 is 6.11. The van der Waals surface area contributed by atoms with E-state index in [9.17, 15) is 0 Å². The number of alkyl halides is 1. The van der Waals surface area contributed by atoms with Crippen molar-refractivity contribution in [1.29, 1.82) is 0 Å². The lowest BCUT2D eigenvalue weighted by Gasteiger charge is -2.11. The summed E-state index contributed by atoms with van der Waals surface area (Å²) in [6.45, 7) is 0. The standard InChI is InChI=1S/C7H9Cl/c8-7-3-1-6(5-7)2-4-7/h1,3,6H,2,4-5H2. The molecule has 2 aliphatic carbocycles. The Balaban J connectivity index is 2.33. The van der Waals surface area contributed by atoms with Crippen LogP contribution in [0.15, 0.2) is 12.2 Å². The highest BCUT2D eigenvalue weighted by Gasteiger charge is 2.38. The van der Waals surface area contributed by atoms with Crippen molar-refractivity contribution in [3.63, 3.8) is 0 Å². The Hall–Kier alpha value is 0.0300. The molecule has 2 aliphatic rings. The van der Waals surface area contributed by atoms with Gasteiger partial charge in [0.25, 0.3) is 0 Å². The van der Waals surface area contributed by atoms with E-state index in [0.717, 1.165) is 5.92 Å². The van der Waals surface area contributed by atoms with Crippen molar-refractivity contribution < 1.29 is 0 Å². The third-order valence-corrected chi connectivity index (χ3v) is 2.67. The third kappa shape index (κ3) is 0.526. The van der Waals surface area contributed by atoms with Crippen molar-refractivity contribution in [3.05, 3.63) is 12.2 Å². The first-order valence-electron chi connectivity index (χ1n) is 3.17. The number of halogens is 1. The number of rotatable bonds is 0. The van der Waals surface area contributed by atoms with Gasteiger partial charge in [-0.15, -0.1) is 11.6 Å². The van der Waals surface area contributed by atoms with E-state index in [2.05, 4.69) is 12.2 Å². The molecule has 2 rings (SSSR count). The predicted octanol–water partition coefficient (Wildman–Crippen LogP) is 2.33. The molecular formula is C7H9Cl. The maximum Gasteiger partial charge on any atom is 0.0631 e. The second-order valence-corrected chi connectivity index (χ2v) is 3.65. The Morgan fingerprint density at radius 1 is 1.62 bits per heavy atom. The van der Waals surface area contributed by atoms with Crippen LogP contribution in [0.2, 0.25) is 0 Å². The third-order valence-electron chi connectivity index (χ3n) is 2.20. The lowest BCUT2D eigenvalue weighted by molar-refractivity contribution is 0.699. The van der Waals surface area contributed by atoms with E-state index < -0.39 is 0 Å². The molecule has 0 N–H and O–H groups in total. The molecule has 0 radical (unpaired) electrons. The summed E-state index contributed by atoms with van der Waals surface area (Å²) < 4.78 is 0. The van der Waals surface area contributed by atoms with Gasteiger partial charge < -0.3 is 0 Å². The Morgan fingerprint density at radius 2 is 2.50 bits per heavy atom. The molecule has 2 bridgehead atoms. The van der Waals surface area contributed by atoms with Gasteiger partial charge in [-0.3, -0.25) is 0 Å². The van der Waals surface area contributed by atoms with Gasteiger partial charge in [-0.1, -0.05) is 12.2 Å². The molecule has 0 aromatic carbocycles. The van der Waals surface area contributed by atoms with E-state index in [1.807, 2.05) is 0 Å². The molecule has 2 atom stereocenters. The molecule has 0 aliphatic heterocycles. The highest BCUT2D eigenvalue weighted by molar-refractivity contribution is 6.25. The van der Waals surface area contributed by atoms with E-state index in [4.69, 9.17) is 11.6 Å². The van der Waals surface area contributed by atoms with Gasteiger partial charge in [0.1, 0.15) is 0 Å². The molecule has 0 aromatic heterocycles. The minimum atomic E-state index is 0.102. The number of allylic oxidation sites excluding steroid dienone is 2. The van der Waals surface area contributed by atoms with Gasteiger partial charge in [-0.05, 0) is 25.2 Å². The number of fused-ring (bicyclic) bond motifs is 2. The summed E-state index contributed by atoms with van der Waals surface area (Å²) in [5, 5.41) is 0. The van der Waals surface area contributed by atoms with Crippen LogP contribution in [-0.4, -0.2) is 4.87 Å².